The monoisotopic (exact) mass is 333 g/mol. The molecule has 1 N–H and O–H groups in total. The van der Waals surface area contributed by atoms with Gasteiger partial charge in [-0.15, -0.1) is 0 Å². The van der Waals surface area contributed by atoms with Crippen LogP contribution in [0, 0.1) is 12.8 Å². The Morgan fingerprint density at radius 1 is 1.25 bits per heavy atom. The molecular weight excluding hydrogens is 302 g/mol. The summed E-state index contributed by atoms with van der Waals surface area (Å²) in [4.78, 5) is 17.3. The minimum absolute atomic E-state index is 0.0315. The molecule has 134 valence electrons. The zero-order valence-corrected chi connectivity index (χ0v) is 15.5. The fourth-order valence-electron chi connectivity index (χ4n) is 3.12. The molecule has 1 aromatic rings. The third-order valence-corrected chi connectivity index (χ3v) is 4.76. The number of ether oxygens (including phenoxy) is 1. The fourth-order valence-corrected chi connectivity index (χ4v) is 3.12. The Morgan fingerprint density at radius 3 is 2.54 bits per heavy atom. The van der Waals surface area contributed by atoms with Crippen molar-refractivity contribution in [3.8, 4) is 5.75 Å². The quantitative estimate of drug-likeness (QED) is 0.829. The lowest BCUT2D eigenvalue weighted by Crippen LogP contribution is -2.48. The van der Waals surface area contributed by atoms with Gasteiger partial charge in [0.15, 0.2) is 0 Å². The molecule has 0 unspecified atom stereocenters. The van der Waals surface area contributed by atoms with Gasteiger partial charge in [0, 0.05) is 44.8 Å². The van der Waals surface area contributed by atoms with Gasteiger partial charge in [-0.25, -0.2) is 0 Å². The average molecular weight is 333 g/mol. The number of nitrogens with one attached hydrogen (secondary N) is 1. The van der Waals surface area contributed by atoms with Gasteiger partial charge < -0.3 is 19.9 Å². The number of methoxy groups -OCH3 is 1. The Bertz CT molecular complexity index is 539. The van der Waals surface area contributed by atoms with Crippen molar-refractivity contribution in [2.75, 3.05) is 52.9 Å². The summed E-state index contributed by atoms with van der Waals surface area (Å²) >= 11 is 0. The maximum absolute atomic E-state index is 12.3. The zero-order valence-electron chi connectivity index (χ0n) is 15.5. The molecule has 0 saturated carbocycles. The van der Waals surface area contributed by atoms with Crippen molar-refractivity contribution < 1.29 is 9.53 Å². The van der Waals surface area contributed by atoms with Crippen molar-refractivity contribution in [3.63, 3.8) is 0 Å². The van der Waals surface area contributed by atoms with Crippen LogP contribution in [0.15, 0.2) is 18.2 Å². The van der Waals surface area contributed by atoms with Gasteiger partial charge in [0.05, 0.1) is 7.11 Å². The topological polar surface area (TPSA) is 44.8 Å². The number of benzene rings is 1. The number of nitrogens with zero attached hydrogens (tertiary/aromatic N) is 2. The number of aryl methyl sites for hydroxylation is 1. The normalized spacial score (nSPS) is 17.5. The molecule has 1 fully saturated rings. The highest BCUT2D eigenvalue weighted by atomic mass is 16.5. The number of rotatable bonds is 7. The third kappa shape index (κ3) is 5.21. The van der Waals surface area contributed by atoms with Gasteiger partial charge >= 0.3 is 0 Å². The van der Waals surface area contributed by atoms with Crippen molar-refractivity contribution in [2.45, 2.75) is 20.8 Å². The van der Waals surface area contributed by atoms with E-state index in [4.69, 9.17) is 4.74 Å². The molecular formula is C19H31N3O2. The van der Waals surface area contributed by atoms with Crippen LogP contribution in [-0.2, 0) is 0 Å². The van der Waals surface area contributed by atoms with Crippen LogP contribution in [-0.4, -0.2) is 68.6 Å². The maximum Gasteiger partial charge on any atom is 0.251 e. The lowest BCUT2D eigenvalue weighted by molar-refractivity contribution is 0.0933. The first-order valence-corrected chi connectivity index (χ1v) is 8.91. The third-order valence-electron chi connectivity index (χ3n) is 4.76. The van der Waals surface area contributed by atoms with Crippen molar-refractivity contribution in [1.82, 2.24) is 15.1 Å². The molecule has 0 radical (unpaired) electrons. The Labute approximate surface area is 146 Å². The summed E-state index contributed by atoms with van der Waals surface area (Å²) in [5, 5.41) is 3.05. The molecule has 1 amide bonds. The number of hydrogen-bond acceptors (Lipinski definition) is 4. The summed E-state index contributed by atoms with van der Waals surface area (Å²) in [6, 6.07) is 5.57. The van der Waals surface area contributed by atoms with Gasteiger partial charge in [-0.05, 0) is 37.1 Å². The minimum Gasteiger partial charge on any atom is -0.496 e. The highest BCUT2D eigenvalue weighted by Crippen LogP contribution is 2.18. The van der Waals surface area contributed by atoms with Crippen molar-refractivity contribution >= 4 is 5.91 Å². The number of amides is 1. The minimum atomic E-state index is -0.0315. The molecule has 2 rings (SSSR count). The maximum atomic E-state index is 12.3. The molecule has 5 nitrogen and oxygen atoms in total. The number of carbonyl (C=O) groups excluding carboxylic acids is 1. The molecule has 24 heavy (non-hydrogen) atoms. The highest BCUT2D eigenvalue weighted by molar-refractivity contribution is 5.94. The van der Waals surface area contributed by atoms with Crippen molar-refractivity contribution in [2.24, 2.45) is 5.92 Å². The largest absolute Gasteiger partial charge is 0.496 e. The summed E-state index contributed by atoms with van der Waals surface area (Å²) in [6.45, 7) is 13.8. The second-order valence-corrected chi connectivity index (χ2v) is 6.73. The van der Waals surface area contributed by atoms with E-state index in [9.17, 15) is 4.79 Å². The van der Waals surface area contributed by atoms with E-state index in [1.165, 1.54) is 0 Å². The molecule has 0 aromatic heterocycles. The van der Waals surface area contributed by atoms with Crippen molar-refractivity contribution in [3.05, 3.63) is 29.3 Å². The molecule has 0 aliphatic carbocycles. The number of piperazine rings is 1. The Hall–Kier alpha value is -1.59. The molecule has 1 aliphatic rings. The molecule has 0 bridgehead atoms. The second-order valence-electron chi connectivity index (χ2n) is 6.73. The van der Waals surface area contributed by atoms with E-state index in [-0.39, 0.29) is 5.91 Å². The van der Waals surface area contributed by atoms with Crippen LogP contribution >= 0.6 is 0 Å². The first-order valence-electron chi connectivity index (χ1n) is 8.91. The van der Waals surface area contributed by atoms with Crippen LogP contribution in [0.2, 0.25) is 0 Å². The van der Waals surface area contributed by atoms with Gasteiger partial charge in [-0.3, -0.25) is 4.79 Å². The molecule has 5 heteroatoms. The zero-order chi connectivity index (χ0) is 17.5. The summed E-state index contributed by atoms with van der Waals surface area (Å²) in [7, 11) is 1.63. The van der Waals surface area contributed by atoms with Crippen LogP contribution in [0.5, 0.6) is 5.75 Å². The molecule has 1 aliphatic heterocycles. The first kappa shape index (κ1) is 18.7. The lowest BCUT2D eigenvalue weighted by Gasteiger charge is -2.35. The Kier molecular flexibility index (Phi) is 7.06. The summed E-state index contributed by atoms with van der Waals surface area (Å²) < 4.78 is 5.29. The van der Waals surface area contributed by atoms with Crippen LogP contribution in [0.25, 0.3) is 0 Å². The standard InChI is InChI=1S/C19H31N3O2/c1-5-21-8-10-22(11-9-21)14-15(2)13-20-19(23)17-7-6-16(3)18(12-17)24-4/h6-7,12,15H,5,8-11,13-14H2,1-4H3,(H,20,23)/t15-/m0/s1. The Balaban J connectivity index is 1.77. The van der Waals surface area contributed by atoms with E-state index < -0.39 is 0 Å². The SMILES string of the molecule is CCN1CCN(C[C@@H](C)CNC(=O)c2ccc(C)c(OC)c2)CC1. The summed E-state index contributed by atoms with van der Waals surface area (Å²) in [5.74, 6) is 1.16. The van der Waals surface area contributed by atoms with Crippen LogP contribution in [0.1, 0.15) is 29.8 Å². The van der Waals surface area contributed by atoms with E-state index in [1.54, 1.807) is 13.2 Å². The Morgan fingerprint density at radius 2 is 1.92 bits per heavy atom. The van der Waals surface area contributed by atoms with E-state index in [0.29, 0.717) is 18.0 Å². The van der Waals surface area contributed by atoms with E-state index in [1.807, 2.05) is 19.1 Å². The van der Waals surface area contributed by atoms with Gasteiger partial charge in [0.2, 0.25) is 0 Å². The smallest absolute Gasteiger partial charge is 0.251 e. The van der Waals surface area contributed by atoms with Gasteiger partial charge in [-0.2, -0.15) is 0 Å². The number of hydrogen-bond donors (Lipinski definition) is 1. The van der Waals surface area contributed by atoms with Crippen LogP contribution in [0.3, 0.4) is 0 Å². The average Bonchev–Trinajstić information content (AvgIpc) is 2.60. The molecule has 1 aromatic carbocycles. The van der Waals surface area contributed by atoms with Gasteiger partial charge in [-0.1, -0.05) is 19.9 Å². The van der Waals surface area contributed by atoms with Crippen LogP contribution in [0.4, 0.5) is 0 Å². The number of carbonyl (C=O) groups is 1. The molecule has 0 spiro atoms. The predicted octanol–water partition coefficient (Wildman–Crippen LogP) is 2.01. The molecule has 1 saturated heterocycles. The molecule has 1 heterocycles. The molecule has 1 atom stereocenters. The van der Waals surface area contributed by atoms with Crippen molar-refractivity contribution in [1.29, 1.82) is 0 Å². The second kappa shape index (κ2) is 9.04. The summed E-state index contributed by atoms with van der Waals surface area (Å²) in [5.41, 5.74) is 1.69. The number of likely N-dealkylation sites (N-methyl/N-ethyl adjacent to an activating group) is 1. The van der Waals surface area contributed by atoms with E-state index in [2.05, 4.69) is 29.0 Å². The lowest BCUT2D eigenvalue weighted by atomic mass is 10.1. The van der Waals surface area contributed by atoms with Gasteiger partial charge in [0.25, 0.3) is 5.91 Å². The summed E-state index contributed by atoms with van der Waals surface area (Å²) in [6.07, 6.45) is 0. The first-order chi connectivity index (χ1) is 11.5. The highest BCUT2D eigenvalue weighted by Gasteiger charge is 2.18. The van der Waals surface area contributed by atoms with Gasteiger partial charge in [0.1, 0.15) is 5.75 Å². The van der Waals surface area contributed by atoms with E-state index in [0.717, 1.165) is 50.6 Å². The van der Waals surface area contributed by atoms with Crippen LogP contribution < -0.4 is 10.1 Å². The fraction of sp³-hybridized carbons (Fsp3) is 0.632. The predicted molar refractivity (Wildman–Crippen MR) is 97.8 cm³/mol. The van der Waals surface area contributed by atoms with E-state index >= 15 is 0 Å².